The van der Waals surface area contributed by atoms with E-state index in [0.717, 1.165) is 0 Å². The molecule has 0 bridgehead atoms. The van der Waals surface area contributed by atoms with Crippen molar-refractivity contribution in [1.29, 1.82) is 0 Å². The van der Waals surface area contributed by atoms with Crippen LogP contribution in [0.5, 0.6) is 0 Å². The van der Waals surface area contributed by atoms with E-state index in [-0.39, 0.29) is 59.3 Å². The Labute approximate surface area is 71.1 Å². The maximum atomic E-state index is 7.57. The van der Waals surface area contributed by atoms with Crippen LogP contribution >= 0.6 is 0 Å². The molecule has 0 aromatic heterocycles. The number of hydrogen-bond donors (Lipinski definition) is 1. The normalized spacial score (nSPS) is 4.25. The molecule has 0 rings (SSSR count). The van der Waals surface area contributed by atoms with Crippen molar-refractivity contribution in [2.24, 2.45) is 0 Å². The first-order chi connectivity index (χ1) is 1.41. The summed E-state index contributed by atoms with van der Waals surface area (Å²) < 4.78 is 0. The predicted octanol–water partition coefficient (Wildman–Crippen LogP) is -1.97. The number of aliphatic hydroxyl groups excluding tert-OH is 1. The van der Waals surface area contributed by atoms with Crippen LogP contribution < -0.4 is 0 Å². The second-order valence-electron chi connectivity index (χ2n) is 0.316. The molecule has 0 amide bonds. The van der Waals surface area contributed by atoms with Crippen molar-refractivity contribution < 1.29 is 6.53 Å². The molecule has 3 heteroatoms. The van der Waals surface area contributed by atoms with E-state index in [4.69, 9.17) is 5.11 Å². The van der Waals surface area contributed by atoms with E-state index in [9.17, 15) is 0 Å². The van der Waals surface area contributed by atoms with E-state index in [2.05, 4.69) is 0 Å². The third-order valence-corrected chi connectivity index (χ3v) is 0. The van der Waals surface area contributed by atoms with Gasteiger partial charge in [0.1, 0.15) is 7.85 Å². The van der Waals surface area contributed by atoms with E-state index >= 15 is 0 Å². The summed E-state index contributed by atoms with van der Waals surface area (Å²) in [5, 5.41) is 7.57. The Kier molecular flexibility index (Phi) is 20.2. The minimum absolute atomic E-state index is 0. The van der Waals surface area contributed by atoms with Crippen molar-refractivity contribution in [1.82, 2.24) is 0 Å². The molecule has 0 unspecified atom stereocenters. The number of hydrogen-bond acceptors (Lipinski definition) is 1. The van der Waals surface area contributed by atoms with Crippen LogP contribution in [0.15, 0.2) is 0 Å². The van der Waals surface area contributed by atoms with Crippen molar-refractivity contribution in [3.63, 3.8) is 0 Å². The van der Waals surface area contributed by atoms with Crippen molar-refractivity contribution in [2.45, 2.75) is 0 Å². The fraction of sp³-hybridized carbons (Fsp3) is 1.00. The van der Waals surface area contributed by atoms with E-state index < -0.39 is 0 Å². The summed E-state index contributed by atoms with van der Waals surface area (Å²) in [6, 6.07) is 0. The zero-order valence-electron chi connectivity index (χ0n) is 3.15. The van der Waals surface area contributed by atoms with Crippen molar-refractivity contribution in [3.8, 4) is 0 Å². The van der Waals surface area contributed by atoms with Crippen molar-refractivity contribution in [2.75, 3.05) is 6.51 Å². The van der Waals surface area contributed by atoms with Crippen LogP contribution in [0.1, 0.15) is 1.43 Å². The van der Waals surface area contributed by atoms with Gasteiger partial charge in [0, 0.05) is 6.51 Å². The van der Waals surface area contributed by atoms with Gasteiger partial charge >= 0.3 is 52.8 Å². The second kappa shape index (κ2) is 8.82. The first kappa shape index (κ1) is 9.18. The molecule has 0 aromatic rings. The van der Waals surface area contributed by atoms with Gasteiger partial charge in [0.15, 0.2) is 0 Å². The zero-order chi connectivity index (χ0) is 2.71. The summed E-state index contributed by atoms with van der Waals surface area (Å²) in [6.07, 6.45) is 0. The van der Waals surface area contributed by atoms with Gasteiger partial charge in [-0.25, -0.2) is 0 Å². The Balaban J connectivity index is -0.0000000200. The Hall–Kier alpha value is 1.66. The van der Waals surface area contributed by atoms with Gasteiger partial charge in [-0.15, -0.1) is 0 Å². The van der Waals surface area contributed by atoms with Crippen LogP contribution in [0.2, 0.25) is 0 Å². The van der Waals surface area contributed by atoms with E-state index in [1.54, 1.807) is 7.85 Å². The van der Waals surface area contributed by atoms with Gasteiger partial charge in [-0.1, -0.05) is 0 Å². The zero-order valence-corrected chi connectivity index (χ0v) is 2.15. The third kappa shape index (κ3) is 9.40. The molecule has 4 heavy (non-hydrogen) atoms. The van der Waals surface area contributed by atoms with E-state index in [1.165, 1.54) is 0 Å². The molecule has 1 N–H and O–H groups in total. The molecule has 0 aliphatic heterocycles. The van der Waals surface area contributed by atoms with E-state index in [0.29, 0.717) is 0 Å². The molecule has 0 aliphatic carbocycles. The average molecular weight is 85.0 g/mol. The monoisotopic (exact) mass is 85.0 g/mol. The maximum absolute atomic E-state index is 7.57. The fourth-order valence-corrected chi connectivity index (χ4v) is 0. The Bertz CT molecular complexity index is 11.6. The summed E-state index contributed by atoms with van der Waals surface area (Å²) in [5.41, 5.74) is 0. The SMILES string of the molecule is BCO.[H+].[KH]. The summed E-state index contributed by atoms with van der Waals surface area (Å²) in [5.74, 6) is 0. The van der Waals surface area contributed by atoms with Gasteiger partial charge in [0.2, 0.25) is 0 Å². The van der Waals surface area contributed by atoms with Gasteiger partial charge in [0.05, 0.1) is 0 Å². The molecule has 0 heterocycles. The van der Waals surface area contributed by atoms with Gasteiger partial charge in [-0.05, 0) is 0 Å². The van der Waals surface area contributed by atoms with Crippen LogP contribution in [-0.4, -0.2) is 70.8 Å². The molecule has 0 aliphatic rings. The molecule has 0 spiro atoms. The summed E-state index contributed by atoms with van der Waals surface area (Å²) >= 11 is 0. The van der Waals surface area contributed by atoms with Crippen LogP contribution in [0.25, 0.3) is 0 Å². The Morgan fingerprint density at radius 3 is 2.00 bits per heavy atom. The van der Waals surface area contributed by atoms with Crippen molar-refractivity contribution >= 4 is 59.2 Å². The molecule has 0 aromatic carbocycles. The molecule has 1 nitrogen and oxygen atoms in total. The number of aliphatic hydroxyl groups is 1. The van der Waals surface area contributed by atoms with Crippen LogP contribution in [0.4, 0.5) is 0 Å². The van der Waals surface area contributed by atoms with Crippen LogP contribution in [-0.2, 0) is 0 Å². The molecular weight excluding hydrogens is 77.9 g/mol. The minimum atomic E-state index is 0. The summed E-state index contributed by atoms with van der Waals surface area (Å²) in [6.45, 7) is 0.250. The quantitative estimate of drug-likeness (QED) is 0.338. The van der Waals surface area contributed by atoms with Gasteiger partial charge < -0.3 is 5.11 Å². The molecule has 20 valence electrons. The van der Waals surface area contributed by atoms with Crippen molar-refractivity contribution in [3.05, 3.63) is 0 Å². The average Bonchev–Trinajstić information content (AvgIpc) is 0.918. The van der Waals surface area contributed by atoms with Crippen LogP contribution in [0.3, 0.4) is 0 Å². The predicted molar refractivity (Wildman–Crippen MR) is 23.9 cm³/mol. The van der Waals surface area contributed by atoms with Gasteiger partial charge in [0.25, 0.3) is 0 Å². The van der Waals surface area contributed by atoms with Crippen LogP contribution in [0, 0.1) is 0 Å². The van der Waals surface area contributed by atoms with Gasteiger partial charge in [-0.3, -0.25) is 0 Å². The first-order valence-electron chi connectivity index (χ1n) is 1.02. The first-order valence-corrected chi connectivity index (χ1v) is 1.02. The fourth-order valence-electron chi connectivity index (χ4n) is 0. The molecule has 0 saturated heterocycles. The van der Waals surface area contributed by atoms with E-state index in [1.807, 2.05) is 0 Å². The summed E-state index contributed by atoms with van der Waals surface area (Å²) in [4.78, 5) is 0. The topological polar surface area (TPSA) is 20.2 Å². The summed E-state index contributed by atoms with van der Waals surface area (Å²) in [7, 11) is 1.68. The molecular formula is CH7BKO+. The third-order valence-electron chi connectivity index (χ3n) is 0. The Morgan fingerprint density at radius 2 is 2.00 bits per heavy atom. The van der Waals surface area contributed by atoms with Gasteiger partial charge in [-0.2, -0.15) is 0 Å². The molecule has 0 atom stereocenters. The standard InChI is InChI=1S/CH5BO.K.H/c2-1-3;;/h3H,1-2H2;;/p+1. The second-order valence-corrected chi connectivity index (χ2v) is 0.316. The molecule has 0 radical (unpaired) electrons. The Morgan fingerprint density at radius 1 is 2.00 bits per heavy atom. The number of rotatable bonds is 0. The molecule has 0 saturated carbocycles. The molecule has 0 fully saturated rings.